The van der Waals surface area contributed by atoms with Crippen molar-refractivity contribution in [1.29, 1.82) is 0 Å². The molecule has 0 spiro atoms. The number of hydrogen-bond acceptors (Lipinski definition) is 5. The summed E-state index contributed by atoms with van der Waals surface area (Å²) in [6, 6.07) is 6.62. The fourth-order valence-electron chi connectivity index (χ4n) is 1.53. The number of sulfonamides is 1. The monoisotopic (exact) mass is 297 g/mol. The van der Waals surface area contributed by atoms with E-state index in [1.807, 2.05) is 13.1 Å². The first-order valence-corrected chi connectivity index (χ1v) is 8.00. The van der Waals surface area contributed by atoms with Crippen LogP contribution in [0.15, 0.2) is 35.4 Å². The summed E-state index contributed by atoms with van der Waals surface area (Å²) in [6.45, 7) is 2.65. The van der Waals surface area contributed by atoms with E-state index in [1.165, 1.54) is 11.9 Å². The lowest BCUT2D eigenvalue weighted by Crippen LogP contribution is -2.18. The van der Waals surface area contributed by atoms with Gasteiger partial charge in [0, 0.05) is 16.8 Å². The molecule has 1 aromatic carbocycles. The van der Waals surface area contributed by atoms with Gasteiger partial charge in [-0.25, -0.2) is 18.1 Å². The molecule has 0 saturated carbocycles. The summed E-state index contributed by atoms with van der Waals surface area (Å²) in [5.74, 6) is 0. The quantitative estimate of drug-likeness (QED) is 0.885. The molecule has 0 amide bonds. The van der Waals surface area contributed by atoms with E-state index in [2.05, 4.69) is 15.0 Å². The lowest BCUT2D eigenvalue weighted by atomic mass is 10.3. The molecule has 0 aliphatic carbocycles. The molecule has 7 heteroatoms. The first kappa shape index (κ1) is 14.0. The van der Waals surface area contributed by atoms with Gasteiger partial charge in [0.1, 0.15) is 5.01 Å². The molecule has 0 unspecified atom stereocenters. The van der Waals surface area contributed by atoms with Crippen LogP contribution in [-0.4, -0.2) is 20.4 Å². The fraction of sp³-hybridized carbons (Fsp3) is 0.250. The molecular formula is C12H15N3O2S2. The van der Waals surface area contributed by atoms with Crippen LogP contribution >= 0.6 is 11.3 Å². The zero-order valence-electron chi connectivity index (χ0n) is 10.7. The first-order valence-electron chi connectivity index (χ1n) is 5.70. The zero-order valence-corrected chi connectivity index (χ0v) is 12.3. The third-order valence-corrected chi connectivity index (χ3v) is 4.89. The maximum atomic E-state index is 11.6. The SMILES string of the molecule is CNS(=O)(=O)c1ccc(NCc2ncc(C)s2)cc1. The third-order valence-electron chi connectivity index (χ3n) is 2.55. The normalized spacial score (nSPS) is 11.5. The van der Waals surface area contributed by atoms with Crippen molar-refractivity contribution in [3.8, 4) is 0 Å². The van der Waals surface area contributed by atoms with Gasteiger partial charge in [-0.15, -0.1) is 11.3 Å². The average molecular weight is 297 g/mol. The van der Waals surface area contributed by atoms with Gasteiger partial charge in [-0.1, -0.05) is 0 Å². The van der Waals surface area contributed by atoms with Crippen molar-refractivity contribution in [2.24, 2.45) is 0 Å². The molecule has 0 radical (unpaired) electrons. The Hall–Kier alpha value is -1.44. The van der Waals surface area contributed by atoms with Gasteiger partial charge in [-0.05, 0) is 38.2 Å². The third kappa shape index (κ3) is 3.52. The minimum atomic E-state index is -3.37. The molecule has 0 fully saturated rings. The van der Waals surface area contributed by atoms with Gasteiger partial charge < -0.3 is 5.32 Å². The Morgan fingerprint density at radius 1 is 1.26 bits per heavy atom. The maximum absolute atomic E-state index is 11.6. The highest BCUT2D eigenvalue weighted by Crippen LogP contribution is 2.16. The van der Waals surface area contributed by atoms with E-state index in [0.717, 1.165) is 10.7 Å². The summed E-state index contributed by atoms with van der Waals surface area (Å²) in [7, 11) is -1.97. The summed E-state index contributed by atoms with van der Waals surface area (Å²) < 4.78 is 25.4. The summed E-state index contributed by atoms with van der Waals surface area (Å²) in [4.78, 5) is 5.68. The van der Waals surface area contributed by atoms with Gasteiger partial charge >= 0.3 is 0 Å². The second-order valence-electron chi connectivity index (χ2n) is 3.95. The Morgan fingerprint density at radius 3 is 2.47 bits per heavy atom. The van der Waals surface area contributed by atoms with Gasteiger partial charge in [0.25, 0.3) is 0 Å². The number of rotatable bonds is 5. The molecule has 1 aromatic heterocycles. The van der Waals surface area contributed by atoms with Crippen LogP contribution in [0.3, 0.4) is 0 Å². The number of nitrogens with zero attached hydrogens (tertiary/aromatic N) is 1. The highest BCUT2D eigenvalue weighted by Gasteiger charge is 2.10. The molecule has 5 nitrogen and oxygen atoms in total. The lowest BCUT2D eigenvalue weighted by Gasteiger charge is -2.06. The fourth-order valence-corrected chi connectivity index (χ4v) is 2.99. The minimum absolute atomic E-state index is 0.255. The van der Waals surface area contributed by atoms with E-state index < -0.39 is 10.0 Å². The molecular weight excluding hydrogens is 282 g/mol. The van der Waals surface area contributed by atoms with Crippen molar-refractivity contribution in [1.82, 2.24) is 9.71 Å². The van der Waals surface area contributed by atoms with Gasteiger partial charge in [-0.3, -0.25) is 0 Å². The Kier molecular flexibility index (Phi) is 4.18. The average Bonchev–Trinajstić information content (AvgIpc) is 2.83. The second-order valence-corrected chi connectivity index (χ2v) is 7.16. The molecule has 0 bridgehead atoms. The minimum Gasteiger partial charge on any atom is -0.379 e. The first-order chi connectivity index (χ1) is 9.01. The van der Waals surface area contributed by atoms with Crippen LogP contribution in [0.1, 0.15) is 9.88 Å². The number of aryl methyl sites for hydroxylation is 1. The van der Waals surface area contributed by atoms with Crippen LogP contribution in [0, 0.1) is 6.92 Å². The summed E-state index contributed by atoms with van der Waals surface area (Å²) in [5, 5.41) is 4.21. The van der Waals surface area contributed by atoms with E-state index in [0.29, 0.717) is 6.54 Å². The van der Waals surface area contributed by atoms with E-state index in [9.17, 15) is 8.42 Å². The van der Waals surface area contributed by atoms with Crippen molar-refractivity contribution >= 4 is 27.0 Å². The predicted octanol–water partition coefficient (Wildman–Crippen LogP) is 1.97. The number of nitrogens with one attached hydrogen (secondary N) is 2. The van der Waals surface area contributed by atoms with Crippen molar-refractivity contribution < 1.29 is 8.42 Å². The highest BCUT2D eigenvalue weighted by atomic mass is 32.2. The molecule has 2 aromatic rings. The predicted molar refractivity (Wildman–Crippen MR) is 76.9 cm³/mol. The molecule has 102 valence electrons. The number of thiazole rings is 1. The number of hydrogen-bond donors (Lipinski definition) is 2. The van der Waals surface area contributed by atoms with Gasteiger partial charge in [0.15, 0.2) is 0 Å². The van der Waals surface area contributed by atoms with E-state index >= 15 is 0 Å². The number of aromatic nitrogens is 1. The Morgan fingerprint density at radius 2 is 1.95 bits per heavy atom. The maximum Gasteiger partial charge on any atom is 0.240 e. The molecule has 2 rings (SSSR count). The molecule has 0 saturated heterocycles. The largest absolute Gasteiger partial charge is 0.379 e. The van der Waals surface area contributed by atoms with E-state index in [1.54, 1.807) is 35.6 Å². The Bertz CT molecular complexity index is 648. The molecule has 19 heavy (non-hydrogen) atoms. The zero-order chi connectivity index (χ0) is 13.9. The smallest absolute Gasteiger partial charge is 0.240 e. The van der Waals surface area contributed by atoms with Gasteiger partial charge in [0.05, 0.1) is 11.4 Å². The van der Waals surface area contributed by atoms with Crippen molar-refractivity contribution in [2.45, 2.75) is 18.4 Å². The number of anilines is 1. The van der Waals surface area contributed by atoms with Crippen LogP contribution in [-0.2, 0) is 16.6 Å². The lowest BCUT2D eigenvalue weighted by molar-refractivity contribution is 0.588. The van der Waals surface area contributed by atoms with Crippen LogP contribution in [0.2, 0.25) is 0 Å². The summed E-state index contributed by atoms with van der Waals surface area (Å²) in [6.07, 6.45) is 1.84. The van der Waals surface area contributed by atoms with Crippen LogP contribution in [0.25, 0.3) is 0 Å². The topological polar surface area (TPSA) is 71.1 Å². The van der Waals surface area contributed by atoms with Crippen LogP contribution in [0.4, 0.5) is 5.69 Å². The van der Waals surface area contributed by atoms with Crippen molar-refractivity contribution in [3.63, 3.8) is 0 Å². The highest BCUT2D eigenvalue weighted by molar-refractivity contribution is 7.89. The van der Waals surface area contributed by atoms with Crippen molar-refractivity contribution in [2.75, 3.05) is 12.4 Å². The van der Waals surface area contributed by atoms with Crippen LogP contribution in [0.5, 0.6) is 0 Å². The Labute approximate surface area is 116 Å². The van der Waals surface area contributed by atoms with E-state index in [4.69, 9.17) is 0 Å². The molecule has 0 aliphatic heterocycles. The standard InChI is InChI=1S/C12H15N3O2S2/c1-9-7-15-12(18-9)8-14-10-3-5-11(6-4-10)19(16,17)13-2/h3-7,13-14H,8H2,1-2H3. The molecule has 0 atom stereocenters. The van der Waals surface area contributed by atoms with Gasteiger partial charge in [-0.2, -0.15) is 0 Å². The molecule has 1 heterocycles. The molecule has 2 N–H and O–H groups in total. The number of benzene rings is 1. The Balaban J connectivity index is 2.03. The summed E-state index contributed by atoms with van der Waals surface area (Å²) in [5.41, 5.74) is 0.864. The summed E-state index contributed by atoms with van der Waals surface area (Å²) >= 11 is 1.64. The molecule has 0 aliphatic rings. The second kappa shape index (κ2) is 5.68. The van der Waals surface area contributed by atoms with Crippen LogP contribution < -0.4 is 10.0 Å². The van der Waals surface area contributed by atoms with Crippen molar-refractivity contribution in [3.05, 3.63) is 40.3 Å². The van der Waals surface area contributed by atoms with Gasteiger partial charge in [0.2, 0.25) is 10.0 Å². The van der Waals surface area contributed by atoms with E-state index in [-0.39, 0.29) is 4.90 Å².